The second-order valence-electron chi connectivity index (χ2n) is 4.01. The number of hydrogen-bond acceptors (Lipinski definition) is 2. The van der Waals surface area contributed by atoms with Crippen LogP contribution in [-0.4, -0.2) is 22.3 Å². The first-order valence-electron chi connectivity index (χ1n) is 3.90. The maximum Gasteiger partial charge on any atom is 0.306 e. The van der Waals surface area contributed by atoms with Crippen molar-refractivity contribution in [3.05, 3.63) is 0 Å². The van der Waals surface area contributed by atoms with Gasteiger partial charge in [0.2, 0.25) is 0 Å². The van der Waals surface area contributed by atoms with Crippen LogP contribution in [0.2, 0.25) is 0 Å². The van der Waals surface area contributed by atoms with Crippen LogP contribution in [0, 0.1) is 5.92 Å². The minimum Gasteiger partial charge on any atom is -0.481 e. The van der Waals surface area contributed by atoms with Crippen molar-refractivity contribution in [3.8, 4) is 0 Å². The first-order valence-corrected chi connectivity index (χ1v) is 3.90. The highest BCUT2D eigenvalue weighted by Crippen LogP contribution is 2.61. The van der Waals surface area contributed by atoms with Gasteiger partial charge in [-0.05, 0) is 26.7 Å². The Hall–Kier alpha value is -0.570. The summed E-state index contributed by atoms with van der Waals surface area (Å²) in [4.78, 5) is 10.6. The Labute approximate surface area is 65.4 Å². The van der Waals surface area contributed by atoms with Crippen LogP contribution in [0.1, 0.15) is 26.7 Å². The standard InChI is InChI=1S/C8H12O3/c1-7-3-5(6(9)10)4-8(7,2)11-7/h5H,3-4H2,1-2H3,(H,9,10). The summed E-state index contributed by atoms with van der Waals surface area (Å²) in [6.45, 7) is 3.99. The molecule has 0 aromatic rings. The molecule has 0 radical (unpaired) electrons. The molecule has 1 N–H and O–H groups in total. The van der Waals surface area contributed by atoms with Gasteiger partial charge in [0, 0.05) is 0 Å². The predicted octanol–water partition coefficient (Wildman–Crippen LogP) is 1.03. The van der Waals surface area contributed by atoms with Crippen molar-refractivity contribution in [1.82, 2.24) is 0 Å². The molecule has 1 heterocycles. The van der Waals surface area contributed by atoms with E-state index in [0.717, 1.165) is 0 Å². The van der Waals surface area contributed by atoms with E-state index in [1.165, 1.54) is 0 Å². The Morgan fingerprint density at radius 2 is 1.91 bits per heavy atom. The third-order valence-electron chi connectivity index (χ3n) is 3.15. The molecule has 3 nitrogen and oxygen atoms in total. The molecule has 62 valence electrons. The molecule has 2 unspecified atom stereocenters. The number of carboxylic acids is 1. The molecule has 2 atom stereocenters. The van der Waals surface area contributed by atoms with E-state index in [1.807, 2.05) is 13.8 Å². The van der Waals surface area contributed by atoms with Gasteiger partial charge in [-0.1, -0.05) is 0 Å². The van der Waals surface area contributed by atoms with Gasteiger partial charge in [-0.15, -0.1) is 0 Å². The molecule has 1 saturated heterocycles. The highest BCUT2D eigenvalue weighted by Gasteiger charge is 2.69. The van der Waals surface area contributed by atoms with Gasteiger partial charge in [-0.25, -0.2) is 0 Å². The van der Waals surface area contributed by atoms with Crippen LogP contribution in [0.5, 0.6) is 0 Å². The van der Waals surface area contributed by atoms with E-state index in [-0.39, 0.29) is 17.1 Å². The minimum atomic E-state index is -0.678. The van der Waals surface area contributed by atoms with Crippen molar-refractivity contribution in [2.24, 2.45) is 5.92 Å². The summed E-state index contributed by atoms with van der Waals surface area (Å²) < 4.78 is 5.44. The van der Waals surface area contributed by atoms with Crippen molar-refractivity contribution in [3.63, 3.8) is 0 Å². The summed E-state index contributed by atoms with van der Waals surface area (Å²) in [6, 6.07) is 0. The quantitative estimate of drug-likeness (QED) is 0.577. The van der Waals surface area contributed by atoms with Gasteiger partial charge in [0.25, 0.3) is 0 Å². The van der Waals surface area contributed by atoms with E-state index in [2.05, 4.69) is 0 Å². The molecule has 2 aliphatic rings. The topological polar surface area (TPSA) is 49.8 Å². The zero-order valence-electron chi connectivity index (χ0n) is 6.76. The first-order chi connectivity index (χ1) is 4.97. The molecular weight excluding hydrogens is 144 g/mol. The molecule has 0 aromatic carbocycles. The number of fused-ring (bicyclic) bond motifs is 1. The van der Waals surface area contributed by atoms with Gasteiger partial charge in [-0.2, -0.15) is 0 Å². The molecule has 0 aromatic heterocycles. The maximum atomic E-state index is 10.6. The highest BCUT2D eigenvalue weighted by atomic mass is 16.6. The van der Waals surface area contributed by atoms with Crippen molar-refractivity contribution in [2.75, 3.05) is 0 Å². The molecule has 0 bridgehead atoms. The molecule has 0 spiro atoms. The molecule has 1 saturated carbocycles. The number of carboxylic acid groups (broad SMARTS) is 1. The Morgan fingerprint density at radius 3 is 2.18 bits per heavy atom. The number of rotatable bonds is 1. The maximum absolute atomic E-state index is 10.6. The van der Waals surface area contributed by atoms with E-state index in [1.54, 1.807) is 0 Å². The predicted molar refractivity (Wildman–Crippen MR) is 38.3 cm³/mol. The lowest BCUT2D eigenvalue weighted by atomic mass is 10.0. The van der Waals surface area contributed by atoms with Crippen molar-refractivity contribution in [2.45, 2.75) is 37.9 Å². The highest BCUT2D eigenvalue weighted by molar-refractivity contribution is 5.71. The number of epoxide rings is 1. The lowest BCUT2D eigenvalue weighted by Crippen LogP contribution is -2.14. The molecule has 0 amide bonds. The van der Waals surface area contributed by atoms with E-state index in [0.29, 0.717) is 12.8 Å². The number of hydrogen-bond donors (Lipinski definition) is 1. The third-order valence-corrected chi connectivity index (χ3v) is 3.15. The zero-order chi connectivity index (χ0) is 8.28. The molecule has 1 aliphatic heterocycles. The fraction of sp³-hybridized carbons (Fsp3) is 0.875. The summed E-state index contributed by atoms with van der Waals surface area (Å²) in [5.74, 6) is -0.859. The summed E-state index contributed by atoms with van der Waals surface area (Å²) in [7, 11) is 0. The van der Waals surface area contributed by atoms with Gasteiger partial charge in [0.05, 0.1) is 17.1 Å². The van der Waals surface area contributed by atoms with Gasteiger partial charge in [0.15, 0.2) is 0 Å². The second-order valence-corrected chi connectivity index (χ2v) is 4.01. The first kappa shape index (κ1) is 7.10. The van der Waals surface area contributed by atoms with Gasteiger partial charge >= 0.3 is 5.97 Å². The lowest BCUT2D eigenvalue weighted by molar-refractivity contribution is -0.142. The monoisotopic (exact) mass is 156 g/mol. The largest absolute Gasteiger partial charge is 0.481 e. The fourth-order valence-electron chi connectivity index (χ4n) is 2.17. The van der Waals surface area contributed by atoms with Crippen LogP contribution >= 0.6 is 0 Å². The fourth-order valence-corrected chi connectivity index (χ4v) is 2.17. The van der Waals surface area contributed by atoms with E-state index in [9.17, 15) is 4.79 Å². The molecular formula is C8H12O3. The molecule has 3 heteroatoms. The number of aliphatic carboxylic acids is 1. The SMILES string of the molecule is CC12CC(C(=O)O)CC1(C)O2. The van der Waals surface area contributed by atoms with Gasteiger partial charge in [-0.3, -0.25) is 4.79 Å². The Morgan fingerprint density at radius 1 is 1.45 bits per heavy atom. The smallest absolute Gasteiger partial charge is 0.306 e. The van der Waals surface area contributed by atoms with Crippen LogP contribution in [-0.2, 0) is 9.53 Å². The normalized spacial score (nSPS) is 53.8. The van der Waals surface area contributed by atoms with Crippen LogP contribution in [0.25, 0.3) is 0 Å². The van der Waals surface area contributed by atoms with E-state index >= 15 is 0 Å². The average Bonchev–Trinajstić information content (AvgIpc) is 2.23. The van der Waals surface area contributed by atoms with E-state index in [4.69, 9.17) is 9.84 Å². The van der Waals surface area contributed by atoms with Gasteiger partial charge in [0.1, 0.15) is 0 Å². The molecule has 2 fully saturated rings. The van der Waals surface area contributed by atoms with Crippen LogP contribution in [0.15, 0.2) is 0 Å². The average molecular weight is 156 g/mol. The third kappa shape index (κ3) is 0.745. The Kier molecular flexibility index (Phi) is 1.04. The lowest BCUT2D eigenvalue weighted by Gasteiger charge is -2.06. The Balaban J connectivity index is 2.13. The minimum absolute atomic E-state index is 0.129. The van der Waals surface area contributed by atoms with Crippen LogP contribution in [0.3, 0.4) is 0 Å². The summed E-state index contributed by atoms with van der Waals surface area (Å²) in [5, 5.41) is 8.72. The molecule has 2 rings (SSSR count). The number of ether oxygens (including phenoxy) is 1. The van der Waals surface area contributed by atoms with Crippen LogP contribution in [0.4, 0.5) is 0 Å². The zero-order valence-corrected chi connectivity index (χ0v) is 6.76. The molecule has 1 aliphatic carbocycles. The van der Waals surface area contributed by atoms with Crippen LogP contribution < -0.4 is 0 Å². The van der Waals surface area contributed by atoms with Crippen molar-refractivity contribution < 1.29 is 14.6 Å². The van der Waals surface area contributed by atoms with Crippen molar-refractivity contribution >= 4 is 5.97 Å². The summed E-state index contributed by atoms with van der Waals surface area (Å²) in [5.41, 5.74) is -0.258. The molecule has 11 heavy (non-hydrogen) atoms. The van der Waals surface area contributed by atoms with E-state index < -0.39 is 5.97 Å². The summed E-state index contributed by atoms with van der Waals surface area (Å²) in [6.07, 6.45) is 1.36. The van der Waals surface area contributed by atoms with Gasteiger partial charge < -0.3 is 9.84 Å². The van der Waals surface area contributed by atoms with Crippen molar-refractivity contribution in [1.29, 1.82) is 0 Å². The summed E-state index contributed by atoms with van der Waals surface area (Å²) >= 11 is 0. The number of carbonyl (C=O) groups is 1. The Bertz CT molecular complexity index is 209. The second kappa shape index (κ2) is 1.61.